The molecule has 1 aromatic rings. The van der Waals surface area contributed by atoms with E-state index in [9.17, 15) is 8.42 Å². The molecule has 0 fully saturated rings. The van der Waals surface area contributed by atoms with Gasteiger partial charge < -0.3 is 5.32 Å². The lowest BCUT2D eigenvalue weighted by molar-refractivity contribution is 0.597. The Kier molecular flexibility index (Phi) is 4.38. The maximum Gasteiger partial charge on any atom is 0.178 e. The Morgan fingerprint density at radius 1 is 1.38 bits per heavy atom. The summed E-state index contributed by atoms with van der Waals surface area (Å²) in [5.41, 5.74) is 0.817. The minimum atomic E-state index is -3.12. The molecule has 0 bridgehead atoms. The van der Waals surface area contributed by atoms with Gasteiger partial charge in [0.05, 0.1) is 17.2 Å². The van der Waals surface area contributed by atoms with Crippen molar-refractivity contribution in [2.75, 3.05) is 17.6 Å². The lowest BCUT2D eigenvalue weighted by Crippen LogP contribution is -2.04. The normalized spacial score (nSPS) is 11.1. The van der Waals surface area contributed by atoms with Crippen molar-refractivity contribution in [3.05, 3.63) is 35.9 Å². The third kappa shape index (κ3) is 3.54. The summed E-state index contributed by atoms with van der Waals surface area (Å²) in [6, 6.07) is 6.58. The number of sulfone groups is 1. The van der Waals surface area contributed by atoms with Gasteiger partial charge in [-0.1, -0.05) is 25.1 Å². The van der Waals surface area contributed by atoms with Crippen LogP contribution in [0.4, 0.5) is 5.69 Å². The van der Waals surface area contributed by atoms with Gasteiger partial charge in [-0.3, -0.25) is 0 Å². The van der Waals surface area contributed by atoms with E-state index in [1.165, 1.54) is 0 Å². The van der Waals surface area contributed by atoms with Crippen LogP contribution in [-0.2, 0) is 9.84 Å². The van der Waals surface area contributed by atoms with E-state index in [1.807, 2.05) is 0 Å². The fraction of sp³-hybridized carbons (Fsp3) is 0.273. The minimum Gasteiger partial charge on any atom is -0.380 e. The lowest BCUT2D eigenvalue weighted by atomic mass is 10.3. The second kappa shape index (κ2) is 5.37. The van der Waals surface area contributed by atoms with Gasteiger partial charge in [0, 0.05) is 10.7 Å². The highest BCUT2D eigenvalue weighted by molar-refractivity contribution is 7.91. The number of anilines is 1. The van der Waals surface area contributed by atoms with Crippen molar-refractivity contribution < 1.29 is 8.42 Å². The van der Waals surface area contributed by atoms with Crippen LogP contribution >= 0.6 is 11.6 Å². The largest absolute Gasteiger partial charge is 0.380 e. The predicted octanol–water partition coefficient (Wildman–Crippen LogP) is 2.64. The fourth-order valence-corrected chi connectivity index (χ4v) is 2.10. The molecule has 16 heavy (non-hydrogen) atoms. The molecule has 0 heterocycles. The van der Waals surface area contributed by atoms with E-state index in [-0.39, 0.29) is 5.75 Å². The molecule has 0 spiro atoms. The molecule has 3 nitrogen and oxygen atoms in total. The van der Waals surface area contributed by atoms with E-state index in [0.717, 1.165) is 5.69 Å². The summed E-state index contributed by atoms with van der Waals surface area (Å²) in [4.78, 5) is 0.338. The van der Waals surface area contributed by atoms with Gasteiger partial charge in [-0.05, 0) is 24.3 Å². The molecule has 88 valence electrons. The molecule has 5 heteroatoms. The maximum atomic E-state index is 11.5. The average Bonchev–Trinajstić information content (AvgIpc) is 2.27. The van der Waals surface area contributed by atoms with Crippen LogP contribution < -0.4 is 5.32 Å². The van der Waals surface area contributed by atoms with Crippen molar-refractivity contribution in [1.29, 1.82) is 0 Å². The first-order valence-electron chi connectivity index (χ1n) is 4.85. The zero-order valence-corrected chi connectivity index (χ0v) is 10.6. The van der Waals surface area contributed by atoms with Crippen LogP contribution in [-0.4, -0.2) is 20.7 Å². The number of halogens is 1. The topological polar surface area (TPSA) is 46.2 Å². The second-order valence-electron chi connectivity index (χ2n) is 3.30. The van der Waals surface area contributed by atoms with Crippen molar-refractivity contribution in [3.8, 4) is 0 Å². The zero-order valence-electron chi connectivity index (χ0n) is 9.03. The molecule has 1 aromatic carbocycles. The molecule has 1 N–H and O–H groups in total. The Balaban J connectivity index is 2.80. The molecule has 0 aliphatic heterocycles. The van der Waals surface area contributed by atoms with Crippen LogP contribution in [0, 0.1) is 0 Å². The highest BCUT2D eigenvalue weighted by Crippen LogP contribution is 2.15. The summed E-state index contributed by atoms with van der Waals surface area (Å²) in [5, 5.41) is 3.52. The van der Waals surface area contributed by atoms with Crippen LogP contribution in [0.2, 0.25) is 0 Å². The summed E-state index contributed by atoms with van der Waals surface area (Å²) < 4.78 is 23.0. The SMILES string of the molecule is C=C(Cl)CNc1ccc(S(=O)(=O)CC)cc1. The van der Waals surface area contributed by atoms with Gasteiger partial charge in [-0.25, -0.2) is 8.42 Å². The second-order valence-corrected chi connectivity index (χ2v) is 6.11. The Bertz CT molecular complexity index is 465. The summed E-state index contributed by atoms with van der Waals surface area (Å²) in [7, 11) is -3.12. The third-order valence-corrected chi connectivity index (χ3v) is 3.96. The smallest absolute Gasteiger partial charge is 0.178 e. The van der Waals surface area contributed by atoms with Crippen molar-refractivity contribution in [1.82, 2.24) is 0 Å². The molecule has 0 saturated heterocycles. The Hall–Kier alpha value is -1.00. The standard InChI is InChI=1S/C11H14ClNO2S/c1-3-16(14,15)11-6-4-10(5-7-11)13-8-9(2)12/h4-7,13H,2-3,8H2,1H3. The third-order valence-electron chi connectivity index (χ3n) is 2.08. The van der Waals surface area contributed by atoms with E-state index in [0.29, 0.717) is 16.5 Å². The molecule has 0 saturated carbocycles. The van der Waals surface area contributed by atoms with Gasteiger partial charge in [0.15, 0.2) is 9.84 Å². The van der Waals surface area contributed by atoms with E-state index in [1.54, 1.807) is 31.2 Å². The minimum absolute atomic E-state index is 0.109. The number of hydrogen-bond donors (Lipinski definition) is 1. The quantitative estimate of drug-likeness (QED) is 0.884. The molecule has 0 radical (unpaired) electrons. The summed E-state index contributed by atoms with van der Waals surface area (Å²) in [6.45, 7) is 5.63. The van der Waals surface area contributed by atoms with Gasteiger partial charge in [-0.2, -0.15) is 0 Å². The Morgan fingerprint density at radius 3 is 2.38 bits per heavy atom. The van der Waals surface area contributed by atoms with Crippen molar-refractivity contribution in [2.45, 2.75) is 11.8 Å². The van der Waals surface area contributed by atoms with Crippen LogP contribution in [0.15, 0.2) is 40.8 Å². The first-order chi connectivity index (χ1) is 7.45. The number of nitrogens with one attached hydrogen (secondary N) is 1. The van der Waals surface area contributed by atoms with Gasteiger partial charge in [-0.15, -0.1) is 0 Å². The van der Waals surface area contributed by atoms with Crippen molar-refractivity contribution in [3.63, 3.8) is 0 Å². The van der Waals surface area contributed by atoms with Gasteiger partial charge in [0.1, 0.15) is 0 Å². The highest BCUT2D eigenvalue weighted by atomic mass is 35.5. The molecule has 0 aliphatic rings. The predicted molar refractivity (Wildman–Crippen MR) is 67.7 cm³/mol. The Morgan fingerprint density at radius 2 is 1.94 bits per heavy atom. The first-order valence-corrected chi connectivity index (χ1v) is 6.88. The summed E-state index contributed by atoms with van der Waals surface area (Å²) >= 11 is 5.60. The maximum absolute atomic E-state index is 11.5. The van der Waals surface area contributed by atoms with Gasteiger partial charge in [0.2, 0.25) is 0 Å². The molecule has 0 aliphatic carbocycles. The zero-order chi connectivity index (χ0) is 12.2. The number of rotatable bonds is 5. The molecular formula is C11H14ClNO2S. The van der Waals surface area contributed by atoms with Crippen LogP contribution in [0.5, 0.6) is 0 Å². The highest BCUT2D eigenvalue weighted by Gasteiger charge is 2.10. The molecule has 0 unspecified atom stereocenters. The van der Waals surface area contributed by atoms with Gasteiger partial charge >= 0.3 is 0 Å². The van der Waals surface area contributed by atoms with Crippen LogP contribution in [0.25, 0.3) is 0 Å². The van der Waals surface area contributed by atoms with Crippen LogP contribution in [0.1, 0.15) is 6.92 Å². The molecule has 1 rings (SSSR count). The van der Waals surface area contributed by atoms with E-state index in [2.05, 4.69) is 11.9 Å². The number of benzene rings is 1. The molecule has 0 atom stereocenters. The average molecular weight is 260 g/mol. The van der Waals surface area contributed by atoms with Crippen LogP contribution in [0.3, 0.4) is 0 Å². The van der Waals surface area contributed by atoms with Gasteiger partial charge in [0.25, 0.3) is 0 Å². The van der Waals surface area contributed by atoms with E-state index in [4.69, 9.17) is 11.6 Å². The lowest BCUT2D eigenvalue weighted by Gasteiger charge is -2.06. The van der Waals surface area contributed by atoms with E-state index >= 15 is 0 Å². The van der Waals surface area contributed by atoms with Crippen molar-refractivity contribution in [2.24, 2.45) is 0 Å². The number of hydrogen-bond acceptors (Lipinski definition) is 3. The fourth-order valence-electron chi connectivity index (χ4n) is 1.14. The monoisotopic (exact) mass is 259 g/mol. The first kappa shape index (κ1) is 13.1. The molecular weight excluding hydrogens is 246 g/mol. The molecule has 0 amide bonds. The van der Waals surface area contributed by atoms with Crippen molar-refractivity contribution >= 4 is 27.1 Å². The Labute approximate surface area is 101 Å². The summed E-state index contributed by atoms with van der Waals surface area (Å²) in [6.07, 6.45) is 0. The molecule has 0 aromatic heterocycles. The van der Waals surface area contributed by atoms with E-state index < -0.39 is 9.84 Å². The summed E-state index contributed by atoms with van der Waals surface area (Å²) in [5.74, 6) is 0.109.